The quantitative estimate of drug-likeness (QED) is 0.435. The highest BCUT2D eigenvalue weighted by Crippen LogP contribution is 1.95. The zero-order chi connectivity index (χ0) is 12.0. The van der Waals surface area contributed by atoms with Crippen LogP contribution in [-0.2, 0) is 4.74 Å². The Bertz CT molecular complexity index is 249. The fraction of sp³-hybridized carbons (Fsp3) is 0.625. The smallest absolute Gasteiger partial charge is 0.334 e. The van der Waals surface area contributed by atoms with Crippen LogP contribution in [0.5, 0.6) is 0 Å². The molecule has 0 aliphatic carbocycles. The number of urea groups is 2. The fourth-order valence-corrected chi connectivity index (χ4v) is 0.791. The van der Waals surface area contributed by atoms with Crippen LogP contribution in [-0.4, -0.2) is 43.2 Å². The number of carbonyl (C=O) groups is 2. The van der Waals surface area contributed by atoms with Gasteiger partial charge in [-0.3, -0.25) is 5.41 Å². The first-order chi connectivity index (χ1) is 6.93. The van der Waals surface area contributed by atoms with Crippen molar-refractivity contribution in [2.75, 3.05) is 14.2 Å². The van der Waals surface area contributed by atoms with E-state index >= 15 is 0 Å². The van der Waals surface area contributed by atoms with E-state index < -0.39 is 18.1 Å². The Labute approximate surface area is 88.3 Å². The molecule has 0 unspecified atom stereocenters. The first-order valence-electron chi connectivity index (χ1n) is 4.38. The molecule has 7 nitrogen and oxygen atoms in total. The Morgan fingerprint density at radius 1 is 1.33 bits per heavy atom. The van der Waals surface area contributed by atoms with Crippen molar-refractivity contribution in [1.82, 2.24) is 15.5 Å². The molecule has 0 aromatic heterocycles. The maximum atomic E-state index is 11.5. The highest BCUT2D eigenvalue weighted by molar-refractivity contribution is 6.08. The van der Waals surface area contributed by atoms with Gasteiger partial charge in [-0.15, -0.1) is 0 Å². The van der Waals surface area contributed by atoms with Crippen molar-refractivity contribution in [3.8, 4) is 0 Å². The molecule has 15 heavy (non-hydrogen) atoms. The number of amides is 4. The van der Waals surface area contributed by atoms with Gasteiger partial charge in [0.1, 0.15) is 0 Å². The molecule has 0 aromatic rings. The second kappa shape index (κ2) is 5.84. The van der Waals surface area contributed by atoms with Crippen LogP contribution in [0.3, 0.4) is 0 Å². The molecule has 0 aliphatic rings. The second-order valence-electron chi connectivity index (χ2n) is 3.00. The molecule has 4 amide bonds. The largest absolute Gasteiger partial charge is 0.468 e. The van der Waals surface area contributed by atoms with E-state index in [1.54, 1.807) is 13.8 Å². The molecule has 0 fully saturated rings. The minimum absolute atomic E-state index is 0.130. The molecule has 0 radical (unpaired) electrons. The molecule has 0 heterocycles. The molecule has 0 saturated carbocycles. The predicted molar refractivity (Wildman–Crippen MR) is 54.7 cm³/mol. The number of methoxy groups -OCH3 is 1. The Balaban J connectivity index is 4.70. The van der Waals surface area contributed by atoms with E-state index in [4.69, 9.17) is 5.41 Å². The molecular formula is C8H16N4O3. The monoisotopic (exact) mass is 216 g/mol. The van der Waals surface area contributed by atoms with Gasteiger partial charge in [0.25, 0.3) is 0 Å². The van der Waals surface area contributed by atoms with E-state index in [0.717, 1.165) is 0 Å². The summed E-state index contributed by atoms with van der Waals surface area (Å²) < 4.78 is 4.53. The number of nitrogens with one attached hydrogen (secondary N) is 3. The number of rotatable bonds is 1. The van der Waals surface area contributed by atoms with Crippen LogP contribution in [0.1, 0.15) is 13.8 Å². The first kappa shape index (κ1) is 13.2. The van der Waals surface area contributed by atoms with Crippen LogP contribution < -0.4 is 10.6 Å². The molecule has 7 heteroatoms. The lowest BCUT2D eigenvalue weighted by Gasteiger charge is -2.20. The summed E-state index contributed by atoms with van der Waals surface area (Å²) >= 11 is 0. The van der Waals surface area contributed by atoms with Gasteiger partial charge in [0.2, 0.25) is 0 Å². The lowest BCUT2D eigenvalue weighted by atomic mass is 10.4. The number of nitrogens with zero attached hydrogens (tertiary/aromatic N) is 1. The van der Waals surface area contributed by atoms with E-state index in [1.807, 2.05) is 0 Å². The van der Waals surface area contributed by atoms with Gasteiger partial charge < -0.3 is 15.4 Å². The average molecular weight is 216 g/mol. The van der Waals surface area contributed by atoms with Crippen molar-refractivity contribution in [3.63, 3.8) is 0 Å². The van der Waals surface area contributed by atoms with Gasteiger partial charge >= 0.3 is 18.1 Å². The van der Waals surface area contributed by atoms with Crippen LogP contribution in [0, 0.1) is 5.41 Å². The third-order valence-corrected chi connectivity index (χ3v) is 1.43. The van der Waals surface area contributed by atoms with E-state index in [9.17, 15) is 9.59 Å². The molecular weight excluding hydrogens is 200 g/mol. The summed E-state index contributed by atoms with van der Waals surface area (Å²) in [6.07, 6.45) is 0. The SMILES string of the molecule is CNC(=O)N(C(=N)OC)C(=O)NC(C)C. The lowest BCUT2D eigenvalue weighted by Crippen LogP contribution is -2.52. The summed E-state index contributed by atoms with van der Waals surface area (Å²) in [5.41, 5.74) is 0. The van der Waals surface area contributed by atoms with Crippen LogP contribution in [0.4, 0.5) is 9.59 Å². The third kappa shape index (κ3) is 3.84. The molecule has 0 aliphatic heterocycles. The number of ether oxygens (including phenoxy) is 1. The number of imide groups is 1. The molecule has 3 N–H and O–H groups in total. The second-order valence-corrected chi connectivity index (χ2v) is 3.00. The molecule has 0 atom stereocenters. The predicted octanol–water partition coefficient (Wildman–Crippen LogP) is 0.327. The van der Waals surface area contributed by atoms with Gasteiger partial charge in [-0.1, -0.05) is 0 Å². The Kier molecular flexibility index (Phi) is 5.14. The van der Waals surface area contributed by atoms with Crippen molar-refractivity contribution in [3.05, 3.63) is 0 Å². The van der Waals surface area contributed by atoms with Crippen LogP contribution in [0.25, 0.3) is 0 Å². The van der Waals surface area contributed by atoms with E-state index in [2.05, 4.69) is 15.4 Å². The normalized spacial score (nSPS) is 9.40. The number of carbonyl (C=O) groups excluding carboxylic acids is 2. The summed E-state index contributed by atoms with van der Waals surface area (Å²) in [6.45, 7) is 3.49. The van der Waals surface area contributed by atoms with Gasteiger partial charge in [-0.2, -0.15) is 4.90 Å². The standard InChI is InChI=1S/C8H16N4O3/c1-5(2)11-8(14)12(6(9)15-4)7(13)10-3/h5,9H,1-4H3,(H,10,13)(H,11,14). The summed E-state index contributed by atoms with van der Waals surface area (Å²) in [6, 6.07) is -2.09. The van der Waals surface area contributed by atoms with Gasteiger partial charge in [0.15, 0.2) is 0 Å². The van der Waals surface area contributed by atoms with Crippen molar-refractivity contribution in [1.29, 1.82) is 5.41 Å². The zero-order valence-corrected chi connectivity index (χ0v) is 9.25. The van der Waals surface area contributed by atoms with Crippen LogP contribution in [0.15, 0.2) is 0 Å². The Morgan fingerprint density at radius 3 is 2.20 bits per heavy atom. The maximum Gasteiger partial charge on any atom is 0.334 e. The van der Waals surface area contributed by atoms with Gasteiger partial charge in [-0.25, -0.2) is 9.59 Å². The number of hydrogen-bond acceptors (Lipinski definition) is 4. The lowest BCUT2D eigenvalue weighted by molar-refractivity contribution is 0.194. The minimum atomic E-state index is -0.722. The van der Waals surface area contributed by atoms with E-state index in [1.165, 1.54) is 14.2 Å². The number of hydrogen-bond donors (Lipinski definition) is 3. The molecule has 0 rings (SSSR count). The molecule has 0 spiro atoms. The Hall–Kier alpha value is -1.79. The maximum absolute atomic E-state index is 11.5. The highest BCUT2D eigenvalue weighted by atomic mass is 16.5. The third-order valence-electron chi connectivity index (χ3n) is 1.43. The Morgan fingerprint density at radius 2 is 1.87 bits per heavy atom. The molecule has 0 bridgehead atoms. The first-order valence-corrected chi connectivity index (χ1v) is 4.38. The zero-order valence-electron chi connectivity index (χ0n) is 9.25. The van der Waals surface area contributed by atoms with Gasteiger partial charge in [0, 0.05) is 13.1 Å². The summed E-state index contributed by atoms with van der Waals surface area (Å²) in [4.78, 5) is 23.3. The highest BCUT2D eigenvalue weighted by Gasteiger charge is 2.26. The fourth-order valence-electron chi connectivity index (χ4n) is 0.791. The van der Waals surface area contributed by atoms with Crippen molar-refractivity contribution in [2.24, 2.45) is 0 Å². The van der Waals surface area contributed by atoms with Crippen molar-refractivity contribution < 1.29 is 14.3 Å². The minimum Gasteiger partial charge on any atom is -0.468 e. The number of amidine groups is 1. The van der Waals surface area contributed by atoms with Gasteiger partial charge in [0.05, 0.1) is 7.11 Å². The van der Waals surface area contributed by atoms with Crippen molar-refractivity contribution >= 4 is 18.1 Å². The topological polar surface area (TPSA) is 94.5 Å². The molecule has 86 valence electrons. The molecule has 0 aromatic carbocycles. The van der Waals surface area contributed by atoms with Crippen LogP contribution in [0.2, 0.25) is 0 Å². The summed E-state index contributed by atoms with van der Waals surface area (Å²) in [5.74, 6) is 0. The average Bonchev–Trinajstić information content (AvgIpc) is 2.16. The molecule has 0 saturated heterocycles. The van der Waals surface area contributed by atoms with Gasteiger partial charge in [-0.05, 0) is 13.8 Å². The summed E-state index contributed by atoms with van der Waals surface area (Å²) in [7, 11) is 2.57. The van der Waals surface area contributed by atoms with E-state index in [0.29, 0.717) is 4.90 Å². The van der Waals surface area contributed by atoms with E-state index in [-0.39, 0.29) is 6.04 Å². The summed E-state index contributed by atoms with van der Waals surface area (Å²) in [5, 5.41) is 12.0. The van der Waals surface area contributed by atoms with Crippen molar-refractivity contribution in [2.45, 2.75) is 19.9 Å². The van der Waals surface area contributed by atoms with Crippen LogP contribution >= 0.6 is 0 Å².